The minimum absolute atomic E-state index is 0.0158. The molecule has 4 fully saturated rings. The molecule has 6 heteroatoms. The molecule has 1 aromatic carbocycles. The van der Waals surface area contributed by atoms with Crippen LogP contribution in [0, 0.1) is 29.6 Å². The highest BCUT2D eigenvalue weighted by Crippen LogP contribution is 2.56. The molecule has 4 bridgehead atoms. The van der Waals surface area contributed by atoms with Crippen molar-refractivity contribution in [2.45, 2.75) is 71.8 Å². The Labute approximate surface area is 195 Å². The summed E-state index contributed by atoms with van der Waals surface area (Å²) in [5.74, 6) is 2.49. The number of carbonyl (C=O) groups is 2. The van der Waals surface area contributed by atoms with E-state index in [0.29, 0.717) is 18.4 Å². The van der Waals surface area contributed by atoms with Crippen LogP contribution in [0.15, 0.2) is 24.3 Å². The second-order valence-corrected chi connectivity index (χ2v) is 10.4. The Morgan fingerprint density at radius 2 is 1.64 bits per heavy atom. The van der Waals surface area contributed by atoms with Crippen LogP contribution in [0.5, 0.6) is 0 Å². The molecule has 176 valence electrons. The zero-order chi connectivity index (χ0) is 23.1. The lowest BCUT2D eigenvalue weighted by molar-refractivity contribution is -0.136. The van der Waals surface area contributed by atoms with Gasteiger partial charge in [-0.2, -0.15) is 5.10 Å². The largest absolute Gasteiger partial charge is 0.481 e. The van der Waals surface area contributed by atoms with E-state index in [-0.39, 0.29) is 18.2 Å². The summed E-state index contributed by atoms with van der Waals surface area (Å²) in [6, 6.07) is 8.04. The fourth-order valence-corrected chi connectivity index (χ4v) is 7.20. The Morgan fingerprint density at radius 3 is 2.18 bits per heavy atom. The van der Waals surface area contributed by atoms with Crippen LogP contribution in [-0.2, 0) is 35.4 Å². The maximum atomic E-state index is 13.2. The predicted molar refractivity (Wildman–Crippen MR) is 127 cm³/mol. The van der Waals surface area contributed by atoms with Crippen LogP contribution in [0.4, 0.5) is 5.69 Å². The monoisotopic (exact) mass is 449 g/mol. The second-order valence-electron chi connectivity index (χ2n) is 10.4. The molecule has 2 aromatic rings. The number of anilines is 1. The van der Waals surface area contributed by atoms with Crippen molar-refractivity contribution in [1.29, 1.82) is 0 Å². The molecule has 1 heterocycles. The first-order chi connectivity index (χ1) is 15.9. The van der Waals surface area contributed by atoms with E-state index in [9.17, 15) is 14.7 Å². The van der Waals surface area contributed by atoms with Gasteiger partial charge in [0.1, 0.15) is 0 Å². The molecule has 2 N–H and O–H groups in total. The molecule has 0 aliphatic heterocycles. The average Bonchev–Trinajstić information content (AvgIpc) is 3.09. The summed E-state index contributed by atoms with van der Waals surface area (Å²) in [5, 5.41) is 17.2. The van der Waals surface area contributed by atoms with Crippen molar-refractivity contribution in [3.8, 4) is 0 Å². The van der Waals surface area contributed by atoms with E-state index in [1.807, 2.05) is 42.8 Å². The van der Waals surface area contributed by atoms with Gasteiger partial charge in [-0.1, -0.05) is 26.0 Å². The molecule has 6 nitrogen and oxygen atoms in total. The van der Waals surface area contributed by atoms with E-state index in [1.54, 1.807) is 0 Å². The topological polar surface area (TPSA) is 84.2 Å². The van der Waals surface area contributed by atoms with Crippen LogP contribution >= 0.6 is 0 Å². The number of carboxylic acid groups (broad SMARTS) is 1. The molecular formula is C27H35N3O3. The van der Waals surface area contributed by atoms with Gasteiger partial charge >= 0.3 is 5.97 Å². The molecule has 6 rings (SSSR count). The summed E-state index contributed by atoms with van der Waals surface area (Å²) in [6.07, 6.45) is 7.87. The molecule has 33 heavy (non-hydrogen) atoms. The second kappa shape index (κ2) is 8.96. The first-order valence-corrected chi connectivity index (χ1v) is 12.6. The van der Waals surface area contributed by atoms with Gasteiger partial charge in [-0.15, -0.1) is 0 Å². The molecule has 0 saturated heterocycles. The van der Waals surface area contributed by atoms with Crippen molar-refractivity contribution in [2.75, 3.05) is 5.32 Å². The van der Waals surface area contributed by atoms with Gasteiger partial charge in [0.15, 0.2) is 0 Å². The zero-order valence-electron chi connectivity index (χ0n) is 19.7. The first kappa shape index (κ1) is 22.2. The zero-order valence-corrected chi connectivity index (χ0v) is 19.7. The average molecular weight is 450 g/mol. The van der Waals surface area contributed by atoms with Crippen molar-refractivity contribution in [1.82, 2.24) is 9.78 Å². The standard InChI is InChI=1S/C27H35N3O3/c1-3-23-22(14-25(31)32)24(4-2)30(29-23)15-16-5-7-21(8-6-16)28-27(33)26-19-10-17-9-18(12-19)13-20(26)11-17/h5-8,17-20,26H,3-4,9-15H2,1-2H3,(H,28,33)(H,31,32)/t17-,18+,19-,20+,26?. The summed E-state index contributed by atoms with van der Waals surface area (Å²) in [5.41, 5.74) is 4.66. The lowest BCUT2D eigenvalue weighted by Crippen LogP contribution is -2.49. The SMILES string of the molecule is CCc1nn(Cc2ccc(NC(=O)C3[C@H]4C[C@@H]5C[C@@H](C[C@H]3C5)C4)cc2)c(CC)c1CC(=O)O. The Kier molecular flexibility index (Phi) is 6.02. The number of aliphatic carboxylic acids is 1. The number of amides is 1. The van der Waals surface area contributed by atoms with E-state index < -0.39 is 5.97 Å². The van der Waals surface area contributed by atoms with E-state index in [2.05, 4.69) is 5.32 Å². The Hall–Kier alpha value is -2.63. The van der Waals surface area contributed by atoms with Crippen LogP contribution in [0.25, 0.3) is 0 Å². The van der Waals surface area contributed by atoms with Crippen LogP contribution in [0.1, 0.15) is 68.5 Å². The Balaban J connectivity index is 1.26. The summed E-state index contributed by atoms with van der Waals surface area (Å²) < 4.78 is 1.94. The van der Waals surface area contributed by atoms with E-state index in [0.717, 1.165) is 52.9 Å². The number of nitrogens with one attached hydrogen (secondary N) is 1. The van der Waals surface area contributed by atoms with Crippen molar-refractivity contribution in [3.05, 3.63) is 46.8 Å². The quantitative estimate of drug-likeness (QED) is 0.612. The number of benzene rings is 1. The van der Waals surface area contributed by atoms with Crippen molar-refractivity contribution in [3.63, 3.8) is 0 Å². The molecule has 4 saturated carbocycles. The smallest absolute Gasteiger partial charge is 0.307 e. The summed E-state index contributed by atoms with van der Waals surface area (Å²) in [7, 11) is 0. The summed E-state index contributed by atoms with van der Waals surface area (Å²) in [6.45, 7) is 4.65. The molecule has 1 aromatic heterocycles. The first-order valence-electron chi connectivity index (χ1n) is 12.6. The predicted octanol–water partition coefficient (Wildman–Crippen LogP) is 4.69. The van der Waals surface area contributed by atoms with E-state index in [1.165, 1.54) is 32.1 Å². The summed E-state index contributed by atoms with van der Waals surface area (Å²) >= 11 is 0. The normalized spacial score (nSPS) is 27.6. The van der Waals surface area contributed by atoms with Gasteiger partial charge in [0.2, 0.25) is 5.91 Å². The van der Waals surface area contributed by atoms with Gasteiger partial charge in [-0.25, -0.2) is 0 Å². The van der Waals surface area contributed by atoms with Crippen LogP contribution < -0.4 is 5.32 Å². The Morgan fingerprint density at radius 1 is 1.00 bits per heavy atom. The molecular weight excluding hydrogens is 414 g/mol. The fourth-order valence-electron chi connectivity index (χ4n) is 7.20. The molecule has 0 spiro atoms. The van der Waals surface area contributed by atoms with E-state index in [4.69, 9.17) is 5.10 Å². The number of rotatable bonds is 8. The molecule has 4 aliphatic carbocycles. The van der Waals surface area contributed by atoms with Crippen LogP contribution in [0.2, 0.25) is 0 Å². The van der Waals surface area contributed by atoms with E-state index >= 15 is 0 Å². The fraction of sp³-hybridized carbons (Fsp3) is 0.593. The lowest BCUT2D eigenvalue weighted by Gasteiger charge is -2.53. The van der Waals surface area contributed by atoms with Gasteiger partial charge in [-0.3, -0.25) is 14.3 Å². The minimum atomic E-state index is -0.821. The number of aromatic nitrogens is 2. The highest BCUT2D eigenvalue weighted by Gasteiger charge is 2.50. The molecule has 0 unspecified atom stereocenters. The number of aryl methyl sites for hydroxylation is 1. The Bertz CT molecular complexity index is 1010. The van der Waals surface area contributed by atoms with Gasteiger partial charge in [0.05, 0.1) is 18.7 Å². The van der Waals surface area contributed by atoms with Gasteiger partial charge in [-0.05, 0) is 86.3 Å². The van der Waals surface area contributed by atoms with Gasteiger partial charge in [0, 0.05) is 22.9 Å². The van der Waals surface area contributed by atoms with Crippen molar-refractivity contribution in [2.24, 2.45) is 29.6 Å². The minimum Gasteiger partial charge on any atom is -0.481 e. The maximum Gasteiger partial charge on any atom is 0.307 e. The van der Waals surface area contributed by atoms with Gasteiger partial charge < -0.3 is 10.4 Å². The third-order valence-corrected chi connectivity index (χ3v) is 8.33. The molecule has 1 amide bonds. The molecule has 4 aliphatic rings. The van der Waals surface area contributed by atoms with Gasteiger partial charge in [0.25, 0.3) is 0 Å². The highest BCUT2D eigenvalue weighted by atomic mass is 16.4. The van der Waals surface area contributed by atoms with Crippen molar-refractivity contribution < 1.29 is 14.7 Å². The number of nitrogens with zero attached hydrogens (tertiary/aromatic N) is 2. The molecule has 0 atom stereocenters. The van der Waals surface area contributed by atoms with Crippen LogP contribution in [-0.4, -0.2) is 26.8 Å². The van der Waals surface area contributed by atoms with Crippen LogP contribution in [0.3, 0.4) is 0 Å². The maximum absolute atomic E-state index is 13.2. The summed E-state index contributed by atoms with van der Waals surface area (Å²) in [4.78, 5) is 24.5. The molecule has 0 radical (unpaired) electrons. The number of hydrogen-bond acceptors (Lipinski definition) is 3. The number of carboxylic acids is 1. The number of hydrogen-bond donors (Lipinski definition) is 2. The van der Waals surface area contributed by atoms with Crippen molar-refractivity contribution >= 4 is 17.6 Å². The number of carbonyl (C=O) groups excluding carboxylic acids is 1. The third-order valence-electron chi connectivity index (χ3n) is 8.33. The lowest BCUT2D eigenvalue weighted by atomic mass is 9.51. The highest BCUT2D eigenvalue weighted by molar-refractivity contribution is 5.93. The third kappa shape index (κ3) is 4.32.